The van der Waals surface area contributed by atoms with Crippen molar-refractivity contribution in [1.29, 1.82) is 0 Å². The fourth-order valence-electron chi connectivity index (χ4n) is 2.92. The molecule has 2 aromatic heterocycles. The van der Waals surface area contributed by atoms with E-state index in [9.17, 15) is 4.79 Å². The maximum absolute atomic E-state index is 13.0. The molecule has 1 aliphatic heterocycles. The molecule has 4 rings (SSSR count). The summed E-state index contributed by atoms with van der Waals surface area (Å²) >= 11 is 3.24. The molecule has 3 nitrogen and oxygen atoms in total. The summed E-state index contributed by atoms with van der Waals surface area (Å²) in [4.78, 5) is 23.8. The van der Waals surface area contributed by atoms with Gasteiger partial charge in [0.1, 0.15) is 5.49 Å². The van der Waals surface area contributed by atoms with Crippen molar-refractivity contribution in [2.45, 2.75) is 30.1 Å². The van der Waals surface area contributed by atoms with Crippen molar-refractivity contribution >= 4 is 35.0 Å². The number of rotatable bonds is 4. The van der Waals surface area contributed by atoms with Crippen molar-refractivity contribution in [3.05, 3.63) is 68.1 Å². The Morgan fingerprint density at radius 3 is 2.84 bits per heavy atom. The van der Waals surface area contributed by atoms with Gasteiger partial charge in [-0.15, -0.1) is 11.3 Å². The predicted molar refractivity (Wildman–Crippen MR) is 103 cm³/mol. The van der Waals surface area contributed by atoms with Crippen molar-refractivity contribution in [1.82, 2.24) is 4.98 Å². The summed E-state index contributed by atoms with van der Waals surface area (Å²) in [6.07, 6.45) is 4.80. The first-order chi connectivity index (χ1) is 12.1. The SMILES string of the molecule is Cc1ccc(Sc2csc(C(=O)c3c[nH]c4c3=CCCN=4)c2C)cc1. The molecule has 5 heteroatoms. The van der Waals surface area contributed by atoms with Gasteiger partial charge in [0.25, 0.3) is 0 Å². The highest BCUT2D eigenvalue weighted by atomic mass is 32.2. The van der Waals surface area contributed by atoms with E-state index in [1.54, 1.807) is 18.0 Å². The predicted octanol–water partition coefficient (Wildman–Crippen LogP) is 3.88. The second-order valence-electron chi connectivity index (χ2n) is 6.14. The maximum atomic E-state index is 13.0. The van der Waals surface area contributed by atoms with Crippen LogP contribution in [0.2, 0.25) is 0 Å². The van der Waals surface area contributed by atoms with Crippen LogP contribution in [0, 0.1) is 13.8 Å². The molecule has 0 saturated carbocycles. The van der Waals surface area contributed by atoms with Crippen LogP contribution >= 0.6 is 23.1 Å². The summed E-state index contributed by atoms with van der Waals surface area (Å²) in [6, 6.07) is 8.47. The molecule has 1 N–H and O–H groups in total. The number of ketones is 1. The molecule has 0 amide bonds. The number of hydrogen-bond donors (Lipinski definition) is 1. The van der Waals surface area contributed by atoms with Crippen LogP contribution in [0.5, 0.6) is 0 Å². The lowest BCUT2D eigenvalue weighted by atomic mass is 10.1. The highest BCUT2D eigenvalue weighted by molar-refractivity contribution is 7.99. The normalized spacial score (nSPS) is 13.0. The van der Waals surface area contributed by atoms with E-state index in [2.05, 4.69) is 52.6 Å². The number of nitrogens with one attached hydrogen (secondary N) is 1. The standard InChI is InChI=1S/C20H18N2OS2/c1-12-5-7-14(8-6-12)25-17-11-24-19(13(17)2)18(23)16-10-22-20-15(16)4-3-9-21-20/h4-8,10-11H,3,9H2,1-2H3,(H,21,22). The number of hydrogen-bond acceptors (Lipinski definition) is 4. The average molecular weight is 367 g/mol. The Kier molecular flexibility index (Phi) is 4.36. The van der Waals surface area contributed by atoms with Crippen LogP contribution in [-0.4, -0.2) is 17.3 Å². The Morgan fingerprint density at radius 2 is 2.04 bits per heavy atom. The fraction of sp³-hybridized carbons (Fsp3) is 0.200. The second kappa shape index (κ2) is 6.65. The number of fused-ring (bicyclic) bond motifs is 1. The Labute approximate surface area is 154 Å². The average Bonchev–Trinajstić information content (AvgIpc) is 3.21. The lowest BCUT2D eigenvalue weighted by Gasteiger charge is -2.03. The van der Waals surface area contributed by atoms with E-state index >= 15 is 0 Å². The summed E-state index contributed by atoms with van der Waals surface area (Å²) in [5.74, 6) is 0.0871. The third-order valence-electron chi connectivity index (χ3n) is 4.34. The fourth-order valence-corrected chi connectivity index (χ4v) is 5.00. The molecule has 0 bridgehead atoms. The molecule has 25 heavy (non-hydrogen) atoms. The summed E-state index contributed by atoms with van der Waals surface area (Å²) < 4.78 is 0. The molecule has 3 heterocycles. The lowest BCUT2D eigenvalue weighted by Crippen LogP contribution is -2.30. The van der Waals surface area contributed by atoms with Gasteiger partial charge >= 0.3 is 0 Å². The first-order valence-corrected chi connectivity index (χ1v) is 9.92. The first-order valence-electron chi connectivity index (χ1n) is 8.23. The number of carbonyl (C=O) groups is 1. The number of nitrogens with zero attached hydrogens (tertiary/aromatic N) is 1. The topological polar surface area (TPSA) is 45.2 Å². The van der Waals surface area contributed by atoms with Crippen LogP contribution in [0.3, 0.4) is 0 Å². The third-order valence-corrected chi connectivity index (χ3v) is 6.72. The summed E-state index contributed by atoms with van der Waals surface area (Å²) in [6.45, 7) is 4.91. The molecule has 0 atom stereocenters. The van der Waals surface area contributed by atoms with Crippen LogP contribution < -0.4 is 10.7 Å². The molecule has 0 saturated heterocycles. The van der Waals surface area contributed by atoms with Gasteiger partial charge in [-0.05, 0) is 38.0 Å². The zero-order chi connectivity index (χ0) is 17.4. The number of benzene rings is 1. The molecule has 1 aliphatic rings. The highest BCUT2D eigenvalue weighted by Crippen LogP contribution is 2.36. The minimum atomic E-state index is 0.0871. The van der Waals surface area contributed by atoms with Gasteiger partial charge in [-0.2, -0.15) is 0 Å². The van der Waals surface area contributed by atoms with Crippen LogP contribution in [0.25, 0.3) is 6.08 Å². The van der Waals surface area contributed by atoms with Crippen molar-refractivity contribution in [2.24, 2.45) is 4.99 Å². The van der Waals surface area contributed by atoms with Crippen LogP contribution in [0.4, 0.5) is 0 Å². The largest absolute Gasteiger partial charge is 0.346 e. The minimum Gasteiger partial charge on any atom is -0.346 e. The smallest absolute Gasteiger partial charge is 0.205 e. The zero-order valence-electron chi connectivity index (χ0n) is 14.1. The molecule has 0 spiro atoms. The van der Waals surface area contributed by atoms with Gasteiger partial charge in [0.05, 0.1) is 10.4 Å². The van der Waals surface area contributed by atoms with E-state index in [0.717, 1.165) is 44.6 Å². The van der Waals surface area contributed by atoms with E-state index in [1.165, 1.54) is 21.8 Å². The van der Waals surface area contributed by atoms with E-state index < -0.39 is 0 Å². The Bertz CT molecular complexity index is 1060. The number of carbonyl (C=O) groups excluding carboxylic acids is 1. The quantitative estimate of drug-likeness (QED) is 0.712. The Morgan fingerprint density at radius 1 is 1.24 bits per heavy atom. The molecular formula is C20H18N2OS2. The molecule has 126 valence electrons. The Balaban J connectivity index is 1.66. The molecular weight excluding hydrogens is 348 g/mol. The van der Waals surface area contributed by atoms with E-state index in [-0.39, 0.29) is 5.78 Å². The second-order valence-corrected chi connectivity index (χ2v) is 8.13. The highest BCUT2D eigenvalue weighted by Gasteiger charge is 2.20. The van der Waals surface area contributed by atoms with Gasteiger partial charge in [-0.3, -0.25) is 9.79 Å². The van der Waals surface area contributed by atoms with E-state index in [1.807, 2.05) is 6.92 Å². The molecule has 3 aromatic rings. The number of thiophene rings is 1. The monoisotopic (exact) mass is 366 g/mol. The van der Waals surface area contributed by atoms with Crippen molar-refractivity contribution in [3.63, 3.8) is 0 Å². The van der Waals surface area contributed by atoms with Gasteiger partial charge in [0.15, 0.2) is 0 Å². The van der Waals surface area contributed by atoms with Crippen LogP contribution in [0.15, 0.2) is 50.6 Å². The first kappa shape index (κ1) is 16.4. The molecule has 0 aliphatic carbocycles. The lowest BCUT2D eigenvalue weighted by molar-refractivity contribution is 0.104. The maximum Gasteiger partial charge on any atom is 0.205 e. The minimum absolute atomic E-state index is 0.0871. The summed E-state index contributed by atoms with van der Waals surface area (Å²) in [5.41, 5.74) is 3.87. The van der Waals surface area contributed by atoms with Crippen LogP contribution in [0.1, 0.15) is 32.8 Å². The van der Waals surface area contributed by atoms with Gasteiger partial charge in [-0.25, -0.2) is 0 Å². The van der Waals surface area contributed by atoms with E-state index in [4.69, 9.17) is 0 Å². The Hall–Kier alpha value is -2.11. The van der Waals surface area contributed by atoms with E-state index in [0.29, 0.717) is 0 Å². The van der Waals surface area contributed by atoms with Gasteiger partial charge in [0.2, 0.25) is 5.78 Å². The van der Waals surface area contributed by atoms with Crippen molar-refractivity contribution < 1.29 is 4.79 Å². The third kappa shape index (κ3) is 3.10. The van der Waals surface area contributed by atoms with Crippen molar-refractivity contribution in [3.8, 4) is 0 Å². The van der Waals surface area contributed by atoms with Crippen molar-refractivity contribution in [2.75, 3.05) is 6.54 Å². The van der Waals surface area contributed by atoms with Crippen LogP contribution in [-0.2, 0) is 0 Å². The van der Waals surface area contributed by atoms with Gasteiger partial charge in [-0.1, -0.05) is 35.5 Å². The number of aryl methyl sites for hydroxylation is 1. The molecule has 0 unspecified atom stereocenters. The molecule has 0 radical (unpaired) electrons. The molecule has 0 fully saturated rings. The molecule has 1 aromatic carbocycles. The number of aromatic nitrogens is 1. The zero-order valence-corrected chi connectivity index (χ0v) is 15.8. The number of aromatic amines is 1. The summed E-state index contributed by atoms with van der Waals surface area (Å²) in [7, 11) is 0. The summed E-state index contributed by atoms with van der Waals surface area (Å²) in [5, 5.41) is 3.04. The number of H-pyrrole nitrogens is 1. The van der Waals surface area contributed by atoms with Gasteiger partial charge < -0.3 is 4.98 Å². The van der Waals surface area contributed by atoms with Gasteiger partial charge in [0, 0.05) is 33.1 Å².